The van der Waals surface area contributed by atoms with Crippen LogP contribution in [0.3, 0.4) is 0 Å². The minimum Gasteiger partial charge on any atom is -0.619 e. The second-order valence-corrected chi connectivity index (χ2v) is 14.2. The van der Waals surface area contributed by atoms with Gasteiger partial charge in [0.15, 0.2) is 73.5 Å². The Morgan fingerprint density at radius 2 is 0.706 bits per heavy atom. The van der Waals surface area contributed by atoms with Crippen LogP contribution >= 0.6 is 0 Å². The lowest BCUT2D eigenvalue weighted by Gasteiger charge is -2.06. The van der Waals surface area contributed by atoms with Gasteiger partial charge in [0.25, 0.3) is 25.9 Å². The Balaban J connectivity index is 0.000000499. The van der Waals surface area contributed by atoms with Crippen molar-refractivity contribution in [3.63, 3.8) is 0 Å². The van der Waals surface area contributed by atoms with Gasteiger partial charge in [0, 0.05) is 42.5 Å². The average Bonchev–Trinajstić information content (AvgIpc) is 2.82. The number of aromatic carboxylic acids is 8. The minimum absolute atomic E-state index is 0.00231. The number of pyridine rings is 7. The number of carbonyl (C=O) groups excluding carboxylic acids is 4. The van der Waals surface area contributed by atoms with Crippen molar-refractivity contribution >= 4 is 73.6 Å². The summed E-state index contributed by atoms with van der Waals surface area (Å²) in [6.07, 6.45) is 13.5. The molecule has 444 valence electrons. The molecule has 0 saturated carbocycles. The summed E-state index contributed by atoms with van der Waals surface area (Å²) in [5.74, 6) is -11.5. The molecule has 0 radical (unpaired) electrons. The maximum atomic E-state index is 10.9. The number of carbonyl (C=O) groups is 12. The van der Waals surface area contributed by atoms with Crippen LogP contribution in [0.5, 0.6) is 23.0 Å². The molecule has 0 atom stereocenters. The molecule has 38 heteroatoms. The first kappa shape index (κ1) is 69.3. The lowest BCUT2D eigenvalue weighted by atomic mass is 10.1. The standard InChI is InChI=1S/C8H5NO7.3C7H5NO5.3C6H5NO3/c10-3-16-5-2-9(15)1-4(7(11)12)6(5)8(13)14;9-4-13-6-1-5(7(10)11)2-8(12)3-6;9-4-13-6-3-8(12)2-1-5(6)7(10)11;9-6(10)4-1-2-8(13)3-5(4)7(11)12;8-6(9)5-1-3-7(10)4-2-5;8-5-10-6-2-1-3-7(9)4-6;8-6(9)5-2-1-3-7(10)4-5/h1-3H,(H,11,12)(H,13,14);2*1-4H,(H,10,11);1-3H,(H,9,10)(H,11,12);1-4H,(H,8,9);1-5H;1-4H,(H,8,9). The first-order valence-electron chi connectivity index (χ1n) is 21.3. The third kappa shape index (κ3) is 25.1. The molecule has 0 aliphatic carbocycles. The summed E-state index contributed by atoms with van der Waals surface area (Å²) in [5.41, 5.74) is -2.81. The van der Waals surface area contributed by atoms with Gasteiger partial charge < -0.3 is 96.3 Å². The largest absolute Gasteiger partial charge is 0.619 e. The maximum Gasteiger partial charge on any atom is 0.342 e. The van der Waals surface area contributed by atoms with E-state index in [-0.39, 0.29) is 79.6 Å². The van der Waals surface area contributed by atoms with Gasteiger partial charge >= 0.3 is 47.8 Å². The van der Waals surface area contributed by atoms with Gasteiger partial charge in [-0.2, -0.15) is 33.1 Å². The SMILES string of the molecule is O=C(O)c1cc[n+]([O-])cc1.O=C(O)c1cc[n+]([O-])cc1C(=O)O.O=C(O)c1ccc[n+]([O-])c1.O=COc1c[n+]([O-])cc(C(=O)O)c1C(=O)O.O=COc1c[n+]([O-])ccc1C(=O)O.O=COc1cc(C(=O)O)c[n+]([O-])c1.O=COc1ccc[n+]([O-])c1. The molecule has 0 fully saturated rings. The van der Waals surface area contributed by atoms with E-state index in [1.54, 1.807) is 0 Å². The van der Waals surface area contributed by atoms with Crippen LogP contribution in [0.25, 0.3) is 0 Å². The van der Waals surface area contributed by atoms with E-state index in [0.717, 1.165) is 74.0 Å². The monoisotopic (exact) mass is 1190 g/mol. The number of carboxylic acids is 8. The summed E-state index contributed by atoms with van der Waals surface area (Å²) in [6.45, 7) is 0.339. The Labute approximate surface area is 468 Å². The normalized spacial score (nSPS) is 9.27. The average molecular weight is 1190 g/mol. The molecule has 0 aliphatic rings. The fourth-order valence-electron chi connectivity index (χ4n) is 5.14. The number of hydrogen-bond donors (Lipinski definition) is 8. The maximum absolute atomic E-state index is 10.9. The van der Waals surface area contributed by atoms with Gasteiger partial charge in [-0.3, -0.25) is 19.2 Å². The van der Waals surface area contributed by atoms with Crippen molar-refractivity contribution in [2.45, 2.75) is 0 Å². The van der Waals surface area contributed by atoms with Gasteiger partial charge in [0.05, 0.1) is 11.1 Å². The smallest absolute Gasteiger partial charge is 0.342 e. The van der Waals surface area contributed by atoms with Crippen molar-refractivity contribution in [3.05, 3.63) is 222 Å². The summed E-state index contributed by atoms with van der Waals surface area (Å²) in [5, 5.41) is 143. The molecule has 7 heterocycles. The van der Waals surface area contributed by atoms with Crippen molar-refractivity contribution in [1.29, 1.82) is 0 Å². The summed E-state index contributed by atoms with van der Waals surface area (Å²) in [6, 6.07) is 11.3. The van der Waals surface area contributed by atoms with E-state index in [1.165, 1.54) is 48.8 Å². The van der Waals surface area contributed by atoms with Gasteiger partial charge in [0.1, 0.15) is 33.4 Å². The number of nitrogens with zero attached hydrogens (tertiary/aromatic N) is 7. The molecule has 85 heavy (non-hydrogen) atoms. The molecule has 7 rings (SSSR count). The van der Waals surface area contributed by atoms with Crippen molar-refractivity contribution in [2.24, 2.45) is 0 Å². The number of ether oxygens (including phenoxy) is 4. The molecule has 8 N–H and O–H groups in total. The predicted octanol–water partition coefficient (Wildman–Crippen LogP) is -2.03. The molecule has 0 aliphatic heterocycles. The topological polar surface area (TPSA) is 592 Å². The number of carboxylic acid groups (broad SMARTS) is 8. The lowest BCUT2D eigenvalue weighted by Crippen LogP contribution is -2.29. The molecule has 0 spiro atoms. The van der Waals surface area contributed by atoms with E-state index >= 15 is 0 Å². The molecule has 0 bridgehead atoms. The zero-order chi connectivity index (χ0) is 64.5. The van der Waals surface area contributed by atoms with Crippen LogP contribution < -0.4 is 52.1 Å². The van der Waals surface area contributed by atoms with Crippen LogP contribution in [0.15, 0.2) is 141 Å². The minimum atomic E-state index is -1.62. The number of rotatable bonds is 16. The highest BCUT2D eigenvalue weighted by Crippen LogP contribution is 2.20. The van der Waals surface area contributed by atoms with Crippen LogP contribution in [0, 0.1) is 36.5 Å². The van der Waals surface area contributed by atoms with Crippen molar-refractivity contribution in [2.75, 3.05) is 0 Å². The molecule has 0 amide bonds. The fraction of sp³-hybridized carbons (Fsp3) is 0. The van der Waals surface area contributed by atoms with Crippen LogP contribution in [0.4, 0.5) is 0 Å². The number of aromatic nitrogens is 7. The summed E-state index contributed by atoms with van der Waals surface area (Å²) in [4.78, 5) is 123. The first-order valence-corrected chi connectivity index (χ1v) is 21.3. The van der Waals surface area contributed by atoms with E-state index < -0.39 is 75.8 Å². The van der Waals surface area contributed by atoms with Gasteiger partial charge in [-0.25, -0.2) is 38.4 Å². The first-order chi connectivity index (χ1) is 40.0. The van der Waals surface area contributed by atoms with Crippen molar-refractivity contribution in [3.8, 4) is 23.0 Å². The van der Waals surface area contributed by atoms with Gasteiger partial charge in [-0.05, 0) is 12.1 Å². The van der Waals surface area contributed by atoms with Gasteiger partial charge in [-0.15, -0.1) is 0 Å². The Kier molecular flexibility index (Phi) is 28.5. The zero-order valence-electron chi connectivity index (χ0n) is 41.7. The van der Waals surface area contributed by atoms with Crippen LogP contribution in [0.1, 0.15) is 82.9 Å². The van der Waals surface area contributed by atoms with Gasteiger partial charge in [0.2, 0.25) is 36.3 Å². The third-order valence-corrected chi connectivity index (χ3v) is 8.59. The molecule has 7 aromatic heterocycles. The molecule has 38 nitrogen and oxygen atoms in total. The zero-order valence-corrected chi connectivity index (χ0v) is 41.7. The second kappa shape index (κ2) is 34.9. The van der Waals surface area contributed by atoms with Crippen molar-refractivity contribution < 1.29 is 150 Å². The van der Waals surface area contributed by atoms with E-state index in [1.807, 2.05) is 0 Å². The quantitative estimate of drug-likeness (QED) is 0.0294. The summed E-state index contributed by atoms with van der Waals surface area (Å²) < 4.78 is 19.6. The molecule has 0 unspecified atom stereocenters. The summed E-state index contributed by atoms with van der Waals surface area (Å²) >= 11 is 0. The summed E-state index contributed by atoms with van der Waals surface area (Å²) in [7, 11) is 0. The molecule has 7 aromatic rings. The fourth-order valence-corrected chi connectivity index (χ4v) is 5.14. The third-order valence-electron chi connectivity index (χ3n) is 8.59. The van der Waals surface area contributed by atoms with E-state index in [9.17, 15) is 94.0 Å². The number of hydrogen-bond acceptors (Lipinski definition) is 23. The van der Waals surface area contributed by atoms with Gasteiger partial charge in [-0.1, -0.05) is 0 Å². The Morgan fingerprint density at radius 3 is 1.16 bits per heavy atom. The lowest BCUT2D eigenvalue weighted by molar-refractivity contribution is -0.606. The Hall–Kier alpha value is -13.7. The highest BCUT2D eigenvalue weighted by Gasteiger charge is 2.26. The Morgan fingerprint density at radius 1 is 0.318 bits per heavy atom. The highest BCUT2D eigenvalue weighted by atomic mass is 16.5. The van der Waals surface area contributed by atoms with E-state index in [2.05, 4.69) is 18.9 Å². The Bertz CT molecular complexity index is 3560. The second-order valence-electron chi connectivity index (χ2n) is 14.2. The molecular weight excluding hydrogens is 1160 g/mol. The molecular formula is C47H35N7O31. The molecule has 0 aromatic carbocycles. The van der Waals surface area contributed by atoms with Crippen LogP contribution in [-0.2, 0) is 19.2 Å². The van der Waals surface area contributed by atoms with Crippen LogP contribution in [0.2, 0.25) is 0 Å². The highest BCUT2D eigenvalue weighted by molar-refractivity contribution is 6.03. The van der Waals surface area contributed by atoms with E-state index in [0.29, 0.717) is 37.5 Å². The van der Waals surface area contributed by atoms with E-state index in [4.69, 9.17) is 40.9 Å². The predicted molar refractivity (Wildman–Crippen MR) is 260 cm³/mol. The van der Waals surface area contributed by atoms with Crippen molar-refractivity contribution in [1.82, 2.24) is 0 Å². The van der Waals surface area contributed by atoms with Crippen LogP contribution in [-0.4, -0.2) is 114 Å². The molecule has 0 saturated heterocycles.